The predicted molar refractivity (Wildman–Crippen MR) is 84.3 cm³/mol. The van der Waals surface area contributed by atoms with E-state index >= 15 is 0 Å². The summed E-state index contributed by atoms with van der Waals surface area (Å²) >= 11 is 0. The van der Waals surface area contributed by atoms with Gasteiger partial charge in [-0.05, 0) is 38.5 Å². The molecule has 2 heterocycles. The van der Waals surface area contributed by atoms with Crippen molar-refractivity contribution in [2.45, 2.75) is 39.8 Å². The Morgan fingerprint density at radius 2 is 1.86 bits per heavy atom. The Kier molecular flexibility index (Phi) is 3.85. The van der Waals surface area contributed by atoms with Crippen LogP contribution in [0.3, 0.4) is 0 Å². The van der Waals surface area contributed by atoms with Crippen LogP contribution in [0.15, 0.2) is 24.5 Å². The van der Waals surface area contributed by atoms with Crippen LogP contribution in [0.5, 0.6) is 0 Å². The summed E-state index contributed by atoms with van der Waals surface area (Å²) in [5.74, 6) is 0.731. The van der Waals surface area contributed by atoms with E-state index < -0.39 is 6.10 Å². The molecule has 0 amide bonds. The molecule has 2 aromatic heterocycles. The molecular formula is C16H19N5O. The van der Waals surface area contributed by atoms with Crippen molar-refractivity contribution < 1.29 is 5.11 Å². The average molecular weight is 297 g/mol. The van der Waals surface area contributed by atoms with Crippen LogP contribution in [0.1, 0.15) is 24.7 Å². The van der Waals surface area contributed by atoms with Crippen molar-refractivity contribution in [1.29, 1.82) is 0 Å². The van der Waals surface area contributed by atoms with Gasteiger partial charge in [-0.25, -0.2) is 19.6 Å². The lowest BCUT2D eigenvalue weighted by Gasteiger charge is -2.10. The Hall–Kier alpha value is -2.34. The molecule has 0 spiro atoms. The van der Waals surface area contributed by atoms with Crippen molar-refractivity contribution in [1.82, 2.24) is 24.7 Å². The fourth-order valence-electron chi connectivity index (χ4n) is 2.32. The lowest BCUT2D eigenvalue weighted by molar-refractivity contribution is 0.146. The fourth-order valence-corrected chi connectivity index (χ4v) is 2.32. The minimum Gasteiger partial charge on any atom is -0.391 e. The molecule has 0 aliphatic heterocycles. The summed E-state index contributed by atoms with van der Waals surface area (Å²) in [6, 6.07) is 5.87. The summed E-state index contributed by atoms with van der Waals surface area (Å²) in [4.78, 5) is 13.4. The number of benzene rings is 1. The predicted octanol–water partition coefficient (Wildman–Crippen LogP) is 2.28. The van der Waals surface area contributed by atoms with Crippen LogP contribution in [-0.2, 0) is 6.54 Å². The van der Waals surface area contributed by atoms with Gasteiger partial charge in [-0.15, -0.1) is 0 Å². The van der Waals surface area contributed by atoms with E-state index in [-0.39, 0.29) is 0 Å². The summed E-state index contributed by atoms with van der Waals surface area (Å²) in [6.07, 6.45) is 1.76. The van der Waals surface area contributed by atoms with E-state index in [1.807, 2.05) is 39.0 Å². The zero-order valence-electron chi connectivity index (χ0n) is 13.0. The number of hydrogen-bond donors (Lipinski definition) is 1. The molecule has 3 rings (SSSR count). The summed E-state index contributed by atoms with van der Waals surface area (Å²) in [7, 11) is 0. The molecule has 6 heteroatoms. The average Bonchev–Trinajstić information content (AvgIpc) is 2.96. The first-order valence-corrected chi connectivity index (χ1v) is 7.39. The minimum absolute atomic E-state index is 0.425. The highest BCUT2D eigenvalue weighted by Gasteiger charge is 2.12. The van der Waals surface area contributed by atoms with E-state index in [0.717, 1.165) is 33.8 Å². The molecule has 0 radical (unpaired) electrons. The van der Waals surface area contributed by atoms with E-state index in [1.54, 1.807) is 4.68 Å². The Labute approximate surface area is 128 Å². The molecule has 22 heavy (non-hydrogen) atoms. The quantitative estimate of drug-likeness (QED) is 0.799. The van der Waals surface area contributed by atoms with Crippen LogP contribution in [0.4, 0.5) is 0 Å². The maximum atomic E-state index is 9.83. The first-order valence-electron chi connectivity index (χ1n) is 7.39. The Bertz CT molecular complexity index is 811. The van der Waals surface area contributed by atoms with Crippen LogP contribution in [-0.4, -0.2) is 35.9 Å². The van der Waals surface area contributed by atoms with Gasteiger partial charge in [0.15, 0.2) is 5.82 Å². The highest BCUT2D eigenvalue weighted by molar-refractivity contribution is 5.80. The van der Waals surface area contributed by atoms with Gasteiger partial charge in [-0.1, -0.05) is 6.92 Å². The third kappa shape index (κ3) is 2.69. The molecule has 0 aliphatic carbocycles. The third-order valence-corrected chi connectivity index (χ3v) is 3.80. The summed E-state index contributed by atoms with van der Waals surface area (Å²) < 4.78 is 1.73. The number of fused-ring (bicyclic) bond motifs is 1. The van der Waals surface area contributed by atoms with Crippen molar-refractivity contribution in [3.8, 4) is 11.4 Å². The second kappa shape index (κ2) is 5.81. The number of aromatic nitrogens is 5. The highest BCUT2D eigenvalue weighted by atomic mass is 16.3. The van der Waals surface area contributed by atoms with Gasteiger partial charge < -0.3 is 5.11 Å². The SMILES string of the molecule is CC[C@H](O)Cn1ncnc1-c1ccc2nc(C)c(C)nc2c1. The zero-order chi connectivity index (χ0) is 15.7. The first-order chi connectivity index (χ1) is 10.6. The molecule has 1 N–H and O–H groups in total. The van der Waals surface area contributed by atoms with Crippen molar-refractivity contribution in [2.24, 2.45) is 0 Å². The topological polar surface area (TPSA) is 76.7 Å². The molecular weight excluding hydrogens is 278 g/mol. The molecule has 0 fully saturated rings. The standard InChI is InChI=1S/C16H19N5O/c1-4-13(22)8-21-16(17-9-18-21)12-5-6-14-15(7-12)20-11(3)10(2)19-14/h5-7,9,13,22H,4,8H2,1-3H3/t13-/m0/s1. The normalized spacial score (nSPS) is 12.7. The Balaban J connectivity index is 2.04. The van der Waals surface area contributed by atoms with Gasteiger partial charge in [-0.2, -0.15) is 5.10 Å². The van der Waals surface area contributed by atoms with E-state index in [1.165, 1.54) is 6.33 Å². The van der Waals surface area contributed by atoms with Crippen molar-refractivity contribution in [3.63, 3.8) is 0 Å². The summed E-state index contributed by atoms with van der Waals surface area (Å²) in [6.45, 7) is 6.29. The molecule has 0 aliphatic rings. The van der Waals surface area contributed by atoms with Crippen LogP contribution in [0.25, 0.3) is 22.4 Å². The van der Waals surface area contributed by atoms with Gasteiger partial charge in [0.25, 0.3) is 0 Å². The van der Waals surface area contributed by atoms with Gasteiger partial charge in [-0.3, -0.25) is 0 Å². The second-order valence-corrected chi connectivity index (χ2v) is 5.43. The molecule has 6 nitrogen and oxygen atoms in total. The molecule has 0 saturated carbocycles. The maximum absolute atomic E-state index is 9.83. The lowest BCUT2D eigenvalue weighted by atomic mass is 10.1. The highest BCUT2D eigenvalue weighted by Crippen LogP contribution is 2.22. The minimum atomic E-state index is -0.425. The number of aliphatic hydroxyl groups excluding tert-OH is 1. The molecule has 1 atom stereocenters. The van der Waals surface area contributed by atoms with Crippen LogP contribution < -0.4 is 0 Å². The van der Waals surface area contributed by atoms with E-state index in [9.17, 15) is 5.11 Å². The molecule has 3 aromatic rings. The van der Waals surface area contributed by atoms with E-state index in [2.05, 4.69) is 20.1 Å². The molecule has 0 bridgehead atoms. The van der Waals surface area contributed by atoms with Gasteiger partial charge in [0.2, 0.25) is 0 Å². The number of hydrogen-bond acceptors (Lipinski definition) is 5. The Morgan fingerprint density at radius 3 is 2.59 bits per heavy atom. The lowest BCUT2D eigenvalue weighted by Crippen LogP contribution is -2.16. The summed E-state index contributed by atoms with van der Waals surface area (Å²) in [5.41, 5.74) is 4.49. The molecule has 0 unspecified atom stereocenters. The Morgan fingerprint density at radius 1 is 1.14 bits per heavy atom. The molecule has 0 saturated heterocycles. The van der Waals surface area contributed by atoms with Gasteiger partial charge in [0.05, 0.1) is 35.1 Å². The number of nitrogens with zero attached hydrogens (tertiary/aromatic N) is 5. The largest absolute Gasteiger partial charge is 0.391 e. The van der Waals surface area contributed by atoms with Crippen molar-refractivity contribution in [2.75, 3.05) is 0 Å². The van der Waals surface area contributed by atoms with Gasteiger partial charge in [0, 0.05) is 5.56 Å². The molecule has 1 aromatic carbocycles. The van der Waals surface area contributed by atoms with Crippen LogP contribution in [0.2, 0.25) is 0 Å². The maximum Gasteiger partial charge on any atom is 0.158 e. The summed E-state index contributed by atoms with van der Waals surface area (Å²) in [5, 5.41) is 14.0. The van der Waals surface area contributed by atoms with Crippen LogP contribution >= 0.6 is 0 Å². The fraction of sp³-hybridized carbons (Fsp3) is 0.375. The van der Waals surface area contributed by atoms with E-state index in [4.69, 9.17) is 0 Å². The monoisotopic (exact) mass is 297 g/mol. The van der Waals surface area contributed by atoms with Gasteiger partial charge >= 0.3 is 0 Å². The first kappa shape index (κ1) is 14.6. The second-order valence-electron chi connectivity index (χ2n) is 5.43. The third-order valence-electron chi connectivity index (χ3n) is 3.80. The number of aryl methyl sites for hydroxylation is 2. The zero-order valence-corrected chi connectivity index (χ0v) is 13.0. The van der Waals surface area contributed by atoms with Crippen molar-refractivity contribution >= 4 is 11.0 Å². The van der Waals surface area contributed by atoms with Gasteiger partial charge in [0.1, 0.15) is 6.33 Å². The van der Waals surface area contributed by atoms with Crippen LogP contribution in [0, 0.1) is 13.8 Å². The van der Waals surface area contributed by atoms with Crippen molar-refractivity contribution in [3.05, 3.63) is 35.9 Å². The van der Waals surface area contributed by atoms with E-state index in [0.29, 0.717) is 13.0 Å². The number of rotatable bonds is 4. The number of aliphatic hydroxyl groups is 1. The molecule has 114 valence electrons. The smallest absolute Gasteiger partial charge is 0.158 e.